The summed E-state index contributed by atoms with van der Waals surface area (Å²) in [4.78, 5) is 39.3. The molecule has 0 bridgehead atoms. The molecule has 2 aromatic rings. The molecule has 0 radical (unpaired) electrons. The number of aromatic nitrogens is 1. The van der Waals surface area contributed by atoms with Crippen molar-refractivity contribution in [2.45, 2.75) is 19.4 Å². The van der Waals surface area contributed by atoms with Crippen LogP contribution in [0.2, 0.25) is 0 Å². The number of morpholine rings is 1. The van der Waals surface area contributed by atoms with Crippen molar-refractivity contribution < 1.29 is 24.0 Å². The molecule has 2 atom stereocenters. The third-order valence-corrected chi connectivity index (χ3v) is 6.67. The van der Waals surface area contributed by atoms with E-state index in [0.717, 1.165) is 27.7 Å². The fourth-order valence-electron chi connectivity index (χ4n) is 4.77. The predicted molar refractivity (Wildman–Crippen MR) is 147 cm³/mol. The standard InChI is InChI=1S/C28H33N7O4/c1-20(18-38-2)31-26(36)15-21-4-3-5-23(14-21)35-17-24(27-29-8-9-34(27)19-35)32-25-7-6-22(16-30-25)28(37)33-10-12-39-13-11-33/h3-9,14,16-17,20H,10-13,15,18-19H2,1-2H3,(H,30,32)(H,31,36)/p+1. The number of benzene rings is 1. The summed E-state index contributed by atoms with van der Waals surface area (Å²) in [5.74, 6) is 1.40. The first-order chi connectivity index (χ1) is 19.0. The van der Waals surface area contributed by atoms with E-state index in [1.54, 1.807) is 36.5 Å². The first-order valence-corrected chi connectivity index (χ1v) is 13.1. The van der Waals surface area contributed by atoms with Crippen LogP contribution in [0.25, 0.3) is 0 Å². The summed E-state index contributed by atoms with van der Waals surface area (Å²) >= 11 is 0. The molecule has 4 heterocycles. The van der Waals surface area contributed by atoms with Gasteiger partial charge in [0.1, 0.15) is 17.7 Å². The smallest absolute Gasteiger partial charge is 0.257 e. The van der Waals surface area contributed by atoms with Gasteiger partial charge in [0, 0.05) is 44.3 Å². The van der Waals surface area contributed by atoms with Gasteiger partial charge in [-0.05, 0) is 36.8 Å². The van der Waals surface area contributed by atoms with Gasteiger partial charge in [-0.2, -0.15) is 4.99 Å². The molecule has 3 N–H and O–H groups in total. The number of hydrogen-bond acceptors (Lipinski definition) is 8. The van der Waals surface area contributed by atoms with E-state index >= 15 is 0 Å². The zero-order chi connectivity index (χ0) is 27.2. The van der Waals surface area contributed by atoms with Crippen LogP contribution in [0.3, 0.4) is 0 Å². The van der Waals surface area contributed by atoms with Crippen LogP contribution in [0, 0.1) is 0 Å². The summed E-state index contributed by atoms with van der Waals surface area (Å²) in [5, 5.41) is 6.33. The van der Waals surface area contributed by atoms with Crippen LogP contribution in [-0.4, -0.2) is 80.3 Å². The fourth-order valence-corrected chi connectivity index (χ4v) is 4.77. The lowest BCUT2D eigenvalue weighted by atomic mass is 10.1. The highest BCUT2D eigenvalue weighted by atomic mass is 16.5. The van der Waals surface area contributed by atoms with Gasteiger partial charge in [0.25, 0.3) is 11.7 Å². The van der Waals surface area contributed by atoms with Gasteiger partial charge in [0.05, 0.1) is 38.0 Å². The number of amides is 2. The molecule has 2 amide bonds. The molecular weight excluding hydrogens is 498 g/mol. The highest BCUT2D eigenvalue weighted by Gasteiger charge is 2.31. The topological polar surface area (TPSA) is 113 Å². The van der Waals surface area contributed by atoms with Crippen molar-refractivity contribution >= 4 is 29.2 Å². The van der Waals surface area contributed by atoms with E-state index in [0.29, 0.717) is 51.0 Å². The Bertz CT molecular complexity index is 1290. The van der Waals surface area contributed by atoms with E-state index < -0.39 is 0 Å². The predicted octanol–water partition coefficient (Wildman–Crippen LogP) is 0.747. The lowest BCUT2D eigenvalue weighted by Crippen LogP contribution is -3.12. The molecule has 1 saturated heterocycles. The van der Waals surface area contributed by atoms with Crippen molar-refractivity contribution in [1.29, 1.82) is 0 Å². The van der Waals surface area contributed by atoms with Crippen LogP contribution in [0.15, 0.2) is 71.9 Å². The number of rotatable bonds is 9. The molecule has 3 aliphatic heterocycles. The van der Waals surface area contributed by atoms with E-state index in [4.69, 9.17) is 9.47 Å². The Balaban J connectivity index is 1.29. The highest BCUT2D eigenvalue weighted by Crippen LogP contribution is 2.20. The number of anilines is 2. The SMILES string of the molecule is COCC(C)NC(=O)Cc1cccc(N2C=C(Nc3ccc(C(=O)N4CCOCC4)cn3)C3=NC=C[NH+]3C2)c1. The maximum Gasteiger partial charge on any atom is 0.257 e. The average molecular weight is 533 g/mol. The first-order valence-electron chi connectivity index (χ1n) is 13.1. The maximum absolute atomic E-state index is 12.8. The molecule has 2 unspecified atom stereocenters. The Labute approximate surface area is 227 Å². The molecule has 1 aromatic heterocycles. The Morgan fingerprint density at radius 1 is 1.21 bits per heavy atom. The van der Waals surface area contributed by atoms with Gasteiger partial charge in [0.15, 0.2) is 6.67 Å². The number of quaternary nitrogens is 1. The Kier molecular flexibility index (Phi) is 8.30. The summed E-state index contributed by atoms with van der Waals surface area (Å²) in [6.45, 7) is 5.34. The largest absolute Gasteiger partial charge is 0.383 e. The van der Waals surface area contributed by atoms with Gasteiger partial charge in [-0.25, -0.2) is 9.88 Å². The molecule has 204 valence electrons. The maximum atomic E-state index is 12.8. The van der Waals surface area contributed by atoms with E-state index in [-0.39, 0.29) is 24.3 Å². The summed E-state index contributed by atoms with van der Waals surface area (Å²) in [7, 11) is 1.62. The summed E-state index contributed by atoms with van der Waals surface area (Å²) < 4.78 is 10.4. The second-order valence-corrected chi connectivity index (χ2v) is 9.72. The molecule has 0 aliphatic carbocycles. The number of aliphatic imine (C=N–C) groups is 1. The van der Waals surface area contributed by atoms with Crippen molar-refractivity contribution in [2.75, 3.05) is 56.9 Å². The normalized spacial score (nSPS) is 19.2. The second kappa shape index (κ2) is 12.2. The first kappa shape index (κ1) is 26.5. The molecule has 3 aliphatic rings. The van der Waals surface area contributed by atoms with Crippen LogP contribution in [0.1, 0.15) is 22.8 Å². The van der Waals surface area contributed by atoms with Crippen LogP contribution in [0.4, 0.5) is 11.5 Å². The molecule has 1 aromatic carbocycles. The average Bonchev–Trinajstić information content (AvgIpc) is 3.43. The van der Waals surface area contributed by atoms with Gasteiger partial charge in [-0.1, -0.05) is 12.1 Å². The van der Waals surface area contributed by atoms with Crippen molar-refractivity contribution in [3.05, 3.63) is 78.0 Å². The monoisotopic (exact) mass is 532 g/mol. The Morgan fingerprint density at radius 2 is 2.05 bits per heavy atom. The third-order valence-electron chi connectivity index (χ3n) is 6.67. The molecule has 39 heavy (non-hydrogen) atoms. The number of pyridine rings is 1. The number of hydrogen-bond donors (Lipinski definition) is 3. The number of ether oxygens (including phenoxy) is 2. The van der Waals surface area contributed by atoms with Crippen LogP contribution < -0.4 is 20.4 Å². The summed E-state index contributed by atoms with van der Waals surface area (Å²) in [6, 6.07) is 11.5. The lowest BCUT2D eigenvalue weighted by molar-refractivity contribution is -0.743. The van der Waals surface area contributed by atoms with Gasteiger partial charge >= 0.3 is 0 Å². The number of carbonyl (C=O) groups excluding carboxylic acids is 2. The molecule has 0 spiro atoms. The van der Waals surface area contributed by atoms with Crippen LogP contribution >= 0.6 is 0 Å². The second-order valence-electron chi connectivity index (χ2n) is 9.72. The number of amidine groups is 1. The van der Waals surface area contributed by atoms with E-state index in [1.165, 1.54) is 0 Å². The van der Waals surface area contributed by atoms with E-state index in [2.05, 4.69) is 25.5 Å². The number of nitrogens with one attached hydrogen (secondary N) is 3. The quantitative estimate of drug-likeness (QED) is 0.437. The minimum absolute atomic E-state index is 0.0397. The van der Waals surface area contributed by atoms with Crippen molar-refractivity contribution in [2.24, 2.45) is 4.99 Å². The minimum Gasteiger partial charge on any atom is -0.383 e. The van der Waals surface area contributed by atoms with E-state index in [9.17, 15) is 9.59 Å². The zero-order valence-electron chi connectivity index (χ0n) is 22.2. The lowest BCUT2D eigenvalue weighted by Gasteiger charge is -2.30. The molecule has 11 nitrogen and oxygen atoms in total. The number of carbonyl (C=O) groups is 2. The third kappa shape index (κ3) is 6.51. The number of methoxy groups -OCH3 is 1. The molecule has 0 saturated carbocycles. The molecule has 11 heteroatoms. The van der Waals surface area contributed by atoms with Gasteiger partial charge in [-0.3, -0.25) is 14.5 Å². The van der Waals surface area contributed by atoms with Crippen molar-refractivity contribution in [1.82, 2.24) is 15.2 Å². The van der Waals surface area contributed by atoms with Gasteiger partial charge in [0.2, 0.25) is 5.91 Å². The number of fused-ring (bicyclic) bond motifs is 1. The molecular formula is C28H34N7O4+. The highest BCUT2D eigenvalue weighted by molar-refractivity contribution is 5.97. The number of nitrogens with zero attached hydrogens (tertiary/aromatic N) is 4. The summed E-state index contributed by atoms with van der Waals surface area (Å²) in [5.41, 5.74) is 3.24. The van der Waals surface area contributed by atoms with Crippen molar-refractivity contribution in [3.63, 3.8) is 0 Å². The minimum atomic E-state index is -0.0484. The van der Waals surface area contributed by atoms with E-state index in [1.807, 2.05) is 43.6 Å². The Morgan fingerprint density at radius 3 is 2.82 bits per heavy atom. The molecule has 5 rings (SSSR count). The fraction of sp³-hybridized carbons (Fsp3) is 0.357. The zero-order valence-corrected chi connectivity index (χ0v) is 22.2. The van der Waals surface area contributed by atoms with Gasteiger partial charge < -0.3 is 25.0 Å². The van der Waals surface area contributed by atoms with Crippen LogP contribution in [-0.2, 0) is 20.7 Å². The van der Waals surface area contributed by atoms with Crippen LogP contribution in [0.5, 0.6) is 0 Å². The summed E-state index contributed by atoms with van der Waals surface area (Å²) in [6.07, 6.45) is 7.69. The Hall–Kier alpha value is -4.06. The van der Waals surface area contributed by atoms with Gasteiger partial charge in [-0.15, -0.1) is 0 Å². The molecule has 1 fully saturated rings. The van der Waals surface area contributed by atoms with Crippen molar-refractivity contribution in [3.8, 4) is 0 Å².